The second-order valence-corrected chi connectivity index (χ2v) is 8.94. The predicted molar refractivity (Wildman–Crippen MR) is 98.9 cm³/mol. The Morgan fingerprint density at radius 1 is 1.08 bits per heavy atom. The van der Waals surface area contributed by atoms with Crippen LogP contribution in [0, 0.1) is 10.8 Å². The van der Waals surface area contributed by atoms with E-state index in [4.69, 9.17) is 0 Å². The molecule has 0 aliphatic carbocycles. The first-order valence-corrected chi connectivity index (χ1v) is 9.16. The molecule has 0 atom stereocenters. The molecule has 0 aromatic carbocycles. The Morgan fingerprint density at radius 3 is 2.36 bits per heavy atom. The predicted octanol–water partition coefficient (Wildman–Crippen LogP) is 3.51. The lowest BCUT2D eigenvalue weighted by atomic mass is 9.88. The molecule has 0 aliphatic heterocycles. The van der Waals surface area contributed by atoms with Gasteiger partial charge < -0.3 is 5.32 Å². The first kappa shape index (κ1) is 21.3. The van der Waals surface area contributed by atoms with Crippen molar-refractivity contribution in [3.63, 3.8) is 0 Å². The van der Waals surface area contributed by atoms with E-state index < -0.39 is 0 Å². The Morgan fingerprint density at radius 2 is 1.76 bits per heavy atom. The van der Waals surface area contributed by atoms with Gasteiger partial charge in [0.25, 0.3) is 0 Å². The highest BCUT2D eigenvalue weighted by atomic mass is 16.1. The van der Waals surface area contributed by atoms with Crippen molar-refractivity contribution >= 4 is 11.7 Å². The van der Waals surface area contributed by atoms with Crippen LogP contribution in [0.2, 0.25) is 0 Å². The molecule has 1 aromatic heterocycles. The Kier molecular flexibility index (Phi) is 7.77. The van der Waals surface area contributed by atoms with E-state index in [9.17, 15) is 9.59 Å². The van der Waals surface area contributed by atoms with E-state index in [-0.39, 0.29) is 16.7 Å². The normalized spacial score (nSPS) is 12.2. The minimum Gasteiger partial charge on any atom is -0.350 e. The Balaban J connectivity index is 2.26. The quantitative estimate of drug-likeness (QED) is 0.691. The molecule has 6 nitrogen and oxygen atoms in total. The van der Waals surface area contributed by atoms with Gasteiger partial charge in [0.05, 0.1) is 12.7 Å². The van der Waals surface area contributed by atoms with Crippen molar-refractivity contribution in [1.29, 1.82) is 0 Å². The zero-order chi connectivity index (χ0) is 19.1. The molecular weight excluding hydrogens is 316 g/mol. The summed E-state index contributed by atoms with van der Waals surface area (Å²) in [4.78, 5) is 23.7. The topological polar surface area (TPSA) is 76.9 Å². The summed E-state index contributed by atoms with van der Waals surface area (Å²) in [5.41, 5.74) is 0.662. The smallest absolute Gasteiger partial charge is 0.220 e. The SMILES string of the molecule is CC(C)(C)CCC(=O)NCc1cn(CCCCC(=O)C(C)(C)C)nn1. The molecule has 142 valence electrons. The first-order chi connectivity index (χ1) is 11.5. The lowest BCUT2D eigenvalue weighted by Gasteiger charge is -2.17. The van der Waals surface area contributed by atoms with Crippen LogP contribution in [0.3, 0.4) is 0 Å². The van der Waals surface area contributed by atoms with Gasteiger partial charge in [-0.15, -0.1) is 5.10 Å². The second-order valence-electron chi connectivity index (χ2n) is 8.94. The number of unbranched alkanes of at least 4 members (excludes halogenated alkanes) is 1. The highest BCUT2D eigenvalue weighted by Gasteiger charge is 2.20. The van der Waals surface area contributed by atoms with Crippen molar-refractivity contribution < 1.29 is 9.59 Å². The van der Waals surface area contributed by atoms with Crippen molar-refractivity contribution in [1.82, 2.24) is 20.3 Å². The molecule has 0 fully saturated rings. The summed E-state index contributed by atoms with van der Waals surface area (Å²) in [6.45, 7) is 13.4. The molecule has 0 unspecified atom stereocenters. The molecular formula is C19H34N4O2. The maximum Gasteiger partial charge on any atom is 0.220 e. The van der Waals surface area contributed by atoms with Crippen LogP contribution in [-0.2, 0) is 22.7 Å². The van der Waals surface area contributed by atoms with Gasteiger partial charge >= 0.3 is 0 Å². The summed E-state index contributed by atoms with van der Waals surface area (Å²) in [6, 6.07) is 0. The zero-order valence-corrected chi connectivity index (χ0v) is 16.7. The van der Waals surface area contributed by atoms with E-state index in [1.807, 2.05) is 27.0 Å². The molecule has 1 heterocycles. The van der Waals surface area contributed by atoms with Crippen molar-refractivity contribution in [2.45, 2.75) is 86.7 Å². The number of aryl methyl sites for hydroxylation is 1. The van der Waals surface area contributed by atoms with Crippen molar-refractivity contribution in [3.8, 4) is 0 Å². The molecule has 1 amide bonds. The summed E-state index contributed by atoms with van der Waals surface area (Å²) < 4.78 is 1.78. The van der Waals surface area contributed by atoms with Crippen LogP contribution in [0.15, 0.2) is 6.20 Å². The molecule has 1 aromatic rings. The van der Waals surface area contributed by atoms with E-state index in [2.05, 4.69) is 36.4 Å². The van der Waals surface area contributed by atoms with Crippen LogP contribution in [-0.4, -0.2) is 26.7 Å². The van der Waals surface area contributed by atoms with Gasteiger partial charge in [0.15, 0.2) is 0 Å². The van der Waals surface area contributed by atoms with Gasteiger partial charge in [-0.3, -0.25) is 14.3 Å². The van der Waals surface area contributed by atoms with Gasteiger partial charge in [0.2, 0.25) is 5.91 Å². The maximum atomic E-state index is 11.9. The molecule has 1 N–H and O–H groups in total. The van der Waals surface area contributed by atoms with E-state index >= 15 is 0 Å². The Hall–Kier alpha value is -1.72. The molecule has 0 bridgehead atoms. The average molecular weight is 351 g/mol. The number of hydrogen-bond acceptors (Lipinski definition) is 4. The molecule has 1 rings (SSSR count). The molecule has 0 spiro atoms. The van der Waals surface area contributed by atoms with Crippen LogP contribution in [0.4, 0.5) is 0 Å². The van der Waals surface area contributed by atoms with Crippen LogP contribution in [0.5, 0.6) is 0 Å². The van der Waals surface area contributed by atoms with E-state index in [1.54, 1.807) is 4.68 Å². The van der Waals surface area contributed by atoms with Crippen LogP contribution in [0.1, 0.15) is 79.3 Å². The molecule has 0 saturated heterocycles. The van der Waals surface area contributed by atoms with E-state index in [1.165, 1.54) is 0 Å². The van der Waals surface area contributed by atoms with E-state index in [0.717, 1.165) is 31.5 Å². The molecule has 0 saturated carbocycles. The lowest BCUT2D eigenvalue weighted by molar-refractivity contribution is -0.126. The fourth-order valence-corrected chi connectivity index (χ4v) is 2.23. The highest BCUT2D eigenvalue weighted by Crippen LogP contribution is 2.20. The minimum atomic E-state index is -0.258. The second kappa shape index (κ2) is 9.11. The number of hydrogen-bond donors (Lipinski definition) is 1. The third-order valence-electron chi connectivity index (χ3n) is 4.03. The van der Waals surface area contributed by atoms with Crippen LogP contribution in [0.25, 0.3) is 0 Å². The van der Waals surface area contributed by atoms with Gasteiger partial charge in [-0.25, -0.2) is 0 Å². The molecule has 25 heavy (non-hydrogen) atoms. The van der Waals surface area contributed by atoms with E-state index in [0.29, 0.717) is 25.2 Å². The van der Waals surface area contributed by atoms with Gasteiger partial charge in [-0.2, -0.15) is 0 Å². The summed E-state index contributed by atoms with van der Waals surface area (Å²) in [6.07, 6.45) is 5.60. The highest BCUT2D eigenvalue weighted by molar-refractivity contribution is 5.83. The molecule has 0 aliphatic rings. The van der Waals surface area contributed by atoms with Crippen molar-refractivity contribution in [3.05, 3.63) is 11.9 Å². The van der Waals surface area contributed by atoms with Crippen LogP contribution < -0.4 is 5.32 Å². The average Bonchev–Trinajstić information content (AvgIpc) is 2.93. The summed E-state index contributed by atoms with van der Waals surface area (Å²) in [5.74, 6) is 0.343. The fraction of sp³-hybridized carbons (Fsp3) is 0.789. The van der Waals surface area contributed by atoms with Crippen LogP contribution >= 0.6 is 0 Å². The van der Waals surface area contributed by atoms with Gasteiger partial charge in [0, 0.05) is 24.8 Å². The zero-order valence-electron chi connectivity index (χ0n) is 16.7. The largest absolute Gasteiger partial charge is 0.350 e. The number of carbonyl (C=O) groups excluding carboxylic acids is 2. The van der Waals surface area contributed by atoms with Gasteiger partial charge in [-0.1, -0.05) is 46.8 Å². The first-order valence-electron chi connectivity index (χ1n) is 9.16. The third-order valence-corrected chi connectivity index (χ3v) is 4.03. The Bertz CT molecular complexity index is 565. The molecule has 0 radical (unpaired) electrons. The molecule has 6 heteroatoms. The van der Waals surface area contributed by atoms with Crippen molar-refractivity contribution in [2.24, 2.45) is 10.8 Å². The number of nitrogens with zero attached hydrogens (tertiary/aromatic N) is 3. The minimum absolute atomic E-state index is 0.0465. The number of ketones is 1. The number of amides is 1. The summed E-state index contributed by atoms with van der Waals surface area (Å²) >= 11 is 0. The van der Waals surface area contributed by atoms with Gasteiger partial charge in [-0.05, 0) is 24.7 Å². The maximum absolute atomic E-state index is 11.9. The third kappa shape index (κ3) is 9.37. The number of nitrogens with one attached hydrogen (secondary N) is 1. The number of rotatable bonds is 9. The lowest BCUT2D eigenvalue weighted by Crippen LogP contribution is -2.24. The number of aromatic nitrogens is 3. The summed E-state index contributed by atoms with van der Waals surface area (Å²) in [7, 11) is 0. The standard InChI is InChI=1S/C19H34N4O2/c1-18(2,3)11-10-17(25)20-13-15-14-23(22-21-15)12-8-7-9-16(24)19(4,5)6/h14H,7-13H2,1-6H3,(H,20,25). The number of carbonyl (C=O) groups is 2. The summed E-state index contributed by atoms with van der Waals surface area (Å²) in [5, 5.41) is 11.0. The monoisotopic (exact) mass is 350 g/mol. The van der Waals surface area contributed by atoms with Gasteiger partial charge in [0.1, 0.15) is 11.5 Å². The number of Topliss-reactive ketones (excluding diaryl/α,β-unsaturated/α-hetero) is 1. The Labute approximate surface area is 151 Å². The fourth-order valence-electron chi connectivity index (χ4n) is 2.23. The van der Waals surface area contributed by atoms with Crippen molar-refractivity contribution in [2.75, 3.05) is 0 Å².